The molecule has 0 atom stereocenters. The fraction of sp³-hybridized carbons (Fsp3) is 1.00. The Morgan fingerprint density at radius 3 is 2.17 bits per heavy atom. The van der Waals surface area contributed by atoms with Crippen molar-refractivity contribution in [3.05, 3.63) is 0 Å². The van der Waals surface area contributed by atoms with Gasteiger partial charge >= 0.3 is 0 Å². The second-order valence-corrected chi connectivity index (χ2v) is 7.34. The number of rotatable bonds is 5. The van der Waals surface area contributed by atoms with Gasteiger partial charge in [-0.2, -0.15) is 0 Å². The van der Waals surface area contributed by atoms with Gasteiger partial charge in [0.15, 0.2) is 0 Å². The summed E-state index contributed by atoms with van der Waals surface area (Å²) in [7, 11) is 0. The SMILES string of the molecule is OCCC1(CNC2CCC3(CCCC3)CC2)CC1. The zero-order valence-corrected chi connectivity index (χ0v) is 11.7. The summed E-state index contributed by atoms with van der Waals surface area (Å²) < 4.78 is 0. The Bertz CT molecular complexity index is 269. The van der Waals surface area contributed by atoms with E-state index in [4.69, 9.17) is 5.11 Å². The third-order valence-electron chi connectivity index (χ3n) is 6.08. The number of nitrogens with one attached hydrogen (secondary N) is 1. The molecule has 2 N–H and O–H groups in total. The van der Waals surface area contributed by atoms with Crippen molar-refractivity contribution >= 4 is 0 Å². The van der Waals surface area contributed by atoms with Gasteiger partial charge in [-0.15, -0.1) is 0 Å². The van der Waals surface area contributed by atoms with E-state index in [1.807, 2.05) is 0 Å². The van der Waals surface area contributed by atoms with Gasteiger partial charge < -0.3 is 10.4 Å². The van der Waals surface area contributed by atoms with Gasteiger partial charge in [-0.05, 0) is 68.6 Å². The Kier molecular flexibility index (Phi) is 3.68. The Hall–Kier alpha value is -0.0800. The lowest BCUT2D eigenvalue weighted by Crippen LogP contribution is -2.39. The molecule has 104 valence electrons. The van der Waals surface area contributed by atoms with Gasteiger partial charge in [-0.25, -0.2) is 0 Å². The average molecular weight is 251 g/mol. The molecule has 3 rings (SSSR count). The maximum Gasteiger partial charge on any atom is 0.0436 e. The van der Waals surface area contributed by atoms with E-state index in [9.17, 15) is 0 Å². The van der Waals surface area contributed by atoms with Crippen LogP contribution < -0.4 is 5.32 Å². The van der Waals surface area contributed by atoms with E-state index in [1.165, 1.54) is 64.2 Å². The third kappa shape index (κ3) is 2.75. The van der Waals surface area contributed by atoms with E-state index in [-0.39, 0.29) is 0 Å². The summed E-state index contributed by atoms with van der Waals surface area (Å²) in [4.78, 5) is 0. The molecule has 0 aromatic heterocycles. The van der Waals surface area contributed by atoms with Crippen molar-refractivity contribution in [3.8, 4) is 0 Å². The monoisotopic (exact) mass is 251 g/mol. The van der Waals surface area contributed by atoms with Crippen LogP contribution in [0.15, 0.2) is 0 Å². The zero-order chi connectivity index (χ0) is 12.5. The van der Waals surface area contributed by atoms with Gasteiger partial charge in [-0.3, -0.25) is 0 Å². The standard InChI is InChI=1S/C16H29NO/c18-12-11-16(9-10-16)13-17-14-3-7-15(8-4-14)5-1-2-6-15/h14,17-18H,1-13H2. The lowest BCUT2D eigenvalue weighted by atomic mass is 9.71. The Labute approximate surface area is 112 Å². The number of aliphatic hydroxyl groups is 1. The first kappa shape index (κ1) is 12.9. The van der Waals surface area contributed by atoms with Crippen molar-refractivity contribution < 1.29 is 5.11 Å². The van der Waals surface area contributed by atoms with E-state index >= 15 is 0 Å². The van der Waals surface area contributed by atoms with Crippen molar-refractivity contribution in [3.63, 3.8) is 0 Å². The summed E-state index contributed by atoms with van der Waals surface area (Å²) in [5, 5.41) is 12.9. The molecule has 0 aliphatic heterocycles. The zero-order valence-electron chi connectivity index (χ0n) is 11.7. The molecule has 0 heterocycles. The van der Waals surface area contributed by atoms with Crippen molar-refractivity contribution in [2.45, 2.75) is 76.7 Å². The molecular formula is C16H29NO. The van der Waals surface area contributed by atoms with Crippen LogP contribution in [0.2, 0.25) is 0 Å². The Balaban J connectivity index is 1.40. The third-order valence-corrected chi connectivity index (χ3v) is 6.08. The Morgan fingerprint density at radius 2 is 1.61 bits per heavy atom. The van der Waals surface area contributed by atoms with E-state index in [0.717, 1.165) is 24.4 Å². The highest BCUT2D eigenvalue weighted by Gasteiger charge is 2.43. The van der Waals surface area contributed by atoms with Gasteiger partial charge in [0.25, 0.3) is 0 Å². The van der Waals surface area contributed by atoms with Crippen molar-refractivity contribution in [1.29, 1.82) is 0 Å². The van der Waals surface area contributed by atoms with Crippen LogP contribution in [0.1, 0.15) is 70.6 Å². The second kappa shape index (κ2) is 5.13. The van der Waals surface area contributed by atoms with Gasteiger partial charge in [0, 0.05) is 19.2 Å². The van der Waals surface area contributed by atoms with Crippen molar-refractivity contribution in [2.75, 3.05) is 13.2 Å². The lowest BCUT2D eigenvalue weighted by Gasteiger charge is -2.38. The molecule has 3 fully saturated rings. The first-order valence-corrected chi connectivity index (χ1v) is 8.10. The van der Waals surface area contributed by atoms with E-state index in [2.05, 4.69) is 5.32 Å². The molecular weight excluding hydrogens is 222 g/mol. The molecule has 0 amide bonds. The van der Waals surface area contributed by atoms with E-state index in [1.54, 1.807) is 0 Å². The molecule has 1 spiro atoms. The van der Waals surface area contributed by atoms with Crippen LogP contribution in [0.3, 0.4) is 0 Å². The topological polar surface area (TPSA) is 32.3 Å². The molecule has 2 heteroatoms. The summed E-state index contributed by atoms with van der Waals surface area (Å²) in [5.74, 6) is 0. The normalized spacial score (nSPS) is 29.8. The lowest BCUT2D eigenvalue weighted by molar-refractivity contribution is 0.162. The van der Waals surface area contributed by atoms with Gasteiger partial charge in [0.1, 0.15) is 0 Å². The second-order valence-electron chi connectivity index (χ2n) is 7.34. The molecule has 3 aliphatic rings. The Morgan fingerprint density at radius 1 is 0.944 bits per heavy atom. The largest absolute Gasteiger partial charge is 0.396 e. The summed E-state index contributed by atoms with van der Waals surface area (Å²) in [6, 6.07) is 0.771. The number of aliphatic hydroxyl groups excluding tert-OH is 1. The maximum absolute atomic E-state index is 9.09. The maximum atomic E-state index is 9.09. The summed E-state index contributed by atoms with van der Waals surface area (Å²) in [6.45, 7) is 1.53. The number of hydrogen-bond acceptors (Lipinski definition) is 2. The van der Waals surface area contributed by atoms with Crippen LogP contribution >= 0.6 is 0 Å². The minimum Gasteiger partial charge on any atom is -0.396 e. The van der Waals surface area contributed by atoms with Gasteiger partial charge in [-0.1, -0.05) is 12.8 Å². The van der Waals surface area contributed by atoms with Crippen LogP contribution in [0, 0.1) is 10.8 Å². The fourth-order valence-corrected chi connectivity index (χ4v) is 4.35. The van der Waals surface area contributed by atoms with Gasteiger partial charge in [0.05, 0.1) is 0 Å². The summed E-state index contributed by atoms with van der Waals surface area (Å²) in [5.41, 5.74) is 1.25. The van der Waals surface area contributed by atoms with Gasteiger partial charge in [0.2, 0.25) is 0 Å². The van der Waals surface area contributed by atoms with Crippen LogP contribution in [0.25, 0.3) is 0 Å². The predicted octanol–water partition coefficient (Wildman–Crippen LogP) is 3.24. The molecule has 0 radical (unpaired) electrons. The minimum absolute atomic E-state index is 0.370. The minimum atomic E-state index is 0.370. The van der Waals surface area contributed by atoms with Crippen LogP contribution in [0.5, 0.6) is 0 Å². The molecule has 0 bridgehead atoms. The molecule has 18 heavy (non-hydrogen) atoms. The highest BCUT2D eigenvalue weighted by Crippen LogP contribution is 2.50. The van der Waals surface area contributed by atoms with Crippen molar-refractivity contribution in [1.82, 2.24) is 5.32 Å². The molecule has 3 aliphatic carbocycles. The van der Waals surface area contributed by atoms with E-state index in [0.29, 0.717) is 12.0 Å². The fourth-order valence-electron chi connectivity index (χ4n) is 4.35. The molecule has 0 aromatic rings. The predicted molar refractivity (Wildman–Crippen MR) is 74.5 cm³/mol. The highest BCUT2D eigenvalue weighted by atomic mass is 16.3. The quantitative estimate of drug-likeness (QED) is 0.786. The van der Waals surface area contributed by atoms with Crippen LogP contribution in [-0.2, 0) is 0 Å². The molecule has 3 saturated carbocycles. The highest BCUT2D eigenvalue weighted by molar-refractivity contribution is 4.97. The first-order chi connectivity index (χ1) is 8.76. The van der Waals surface area contributed by atoms with Crippen molar-refractivity contribution in [2.24, 2.45) is 10.8 Å². The first-order valence-electron chi connectivity index (χ1n) is 8.10. The average Bonchev–Trinajstić information content (AvgIpc) is 3.01. The molecule has 2 nitrogen and oxygen atoms in total. The molecule has 0 unspecified atom stereocenters. The van der Waals surface area contributed by atoms with Crippen LogP contribution in [-0.4, -0.2) is 24.3 Å². The van der Waals surface area contributed by atoms with Crippen LogP contribution in [0.4, 0.5) is 0 Å². The molecule has 0 aromatic carbocycles. The molecule has 0 saturated heterocycles. The number of hydrogen-bond donors (Lipinski definition) is 2. The summed E-state index contributed by atoms with van der Waals surface area (Å²) >= 11 is 0. The smallest absolute Gasteiger partial charge is 0.0436 e. The summed E-state index contributed by atoms with van der Waals surface area (Å²) in [6.07, 6.45) is 15.4. The van der Waals surface area contributed by atoms with E-state index < -0.39 is 0 Å².